The first-order valence-corrected chi connectivity index (χ1v) is 7.12. The molecule has 0 heterocycles. The molecular weight excluding hydrogens is 206 g/mol. The number of fused-ring (bicyclic) bond motifs is 2. The quantitative estimate of drug-likeness (QED) is 0.841. The summed E-state index contributed by atoms with van der Waals surface area (Å²) in [6.07, 6.45) is 8.14. The van der Waals surface area contributed by atoms with Gasteiger partial charge in [0, 0.05) is 6.04 Å². The standard InChI is InChI=1S/C16H23N/c17-16(9-7-12-4-2-1-3-5-12)15-11-13-6-8-14(15)10-13/h1-5,13-16H,6-11,17H2. The minimum Gasteiger partial charge on any atom is -0.327 e. The highest BCUT2D eigenvalue weighted by atomic mass is 14.7. The van der Waals surface area contributed by atoms with Gasteiger partial charge >= 0.3 is 0 Å². The van der Waals surface area contributed by atoms with Crippen LogP contribution < -0.4 is 5.73 Å². The smallest absolute Gasteiger partial charge is 0.00730 e. The van der Waals surface area contributed by atoms with E-state index in [1.807, 2.05) is 0 Å². The van der Waals surface area contributed by atoms with Gasteiger partial charge in [-0.15, -0.1) is 0 Å². The summed E-state index contributed by atoms with van der Waals surface area (Å²) < 4.78 is 0. The first kappa shape index (κ1) is 11.3. The summed E-state index contributed by atoms with van der Waals surface area (Å²) in [7, 11) is 0. The molecule has 0 aromatic heterocycles. The molecule has 1 heteroatoms. The summed E-state index contributed by atoms with van der Waals surface area (Å²) in [5, 5.41) is 0. The first-order valence-electron chi connectivity index (χ1n) is 7.12. The van der Waals surface area contributed by atoms with Gasteiger partial charge in [0.2, 0.25) is 0 Å². The van der Waals surface area contributed by atoms with E-state index in [0.29, 0.717) is 6.04 Å². The lowest BCUT2D eigenvalue weighted by Gasteiger charge is -2.27. The van der Waals surface area contributed by atoms with E-state index in [1.165, 1.54) is 31.2 Å². The molecule has 0 saturated heterocycles. The summed E-state index contributed by atoms with van der Waals surface area (Å²) in [4.78, 5) is 0. The number of nitrogens with two attached hydrogens (primary N) is 1. The van der Waals surface area contributed by atoms with Crippen molar-refractivity contribution < 1.29 is 0 Å². The Morgan fingerprint density at radius 3 is 2.59 bits per heavy atom. The second-order valence-corrected chi connectivity index (χ2v) is 6.03. The Morgan fingerprint density at radius 1 is 1.12 bits per heavy atom. The third kappa shape index (κ3) is 2.40. The van der Waals surface area contributed by atoms with Crippen molar-refractivity contribution in [2.45, 2.75) is 44.6 Å². The molecule has 17 heavy (non-hydrogen) atoms. The number of aryl methyl sites for hydroxylation is 1. The zero-order valence-corrected chi connectivity index (χ0v) is 10.5. The van der Waals surface area contributed by atoms with Crippen molar-refractivity contribution in [3.05, 3.63) is 35.9 Å². The number of hydrogen-bond acceptors (Lipinski definition) is 1. The molecule has 2 aliphatic rings. The van der Waals surface area contributed by atoms with Crippen LogP contribution in [0.1, 0.15) is 37.7 Å². The Hall–Kier alpha value is -0.820. The Balaban J connectivity index is 1.52. The van der Waals surface area contributed by atoms with Crippen LogP contribution in [-0.4, -0.2) is 6.04 Å². The molecule has 2 saturated carbocycles. The molecule has 0 spiro atoms. The van der Waals surface area contributed by atoms with Crippen molar-refractivity contribution in [1.29, 1.82) is 0 Å². The zero-order valence-electron chi connectivity index (χ0n) is 10.5. The van der Waals surface area contributed by atoms with Gasteiger partial charge in [-0.1, -0.05) is 36.8 Å². The second kappa shape index (κ2) is 4.81. The molecule has 0 radical (unpaired) electrons. The van der Waals surface area contributed by atoms with Crippen molar-refractivity contribution >= 4 is 0 Å². The Morgan fingerprint density at radius 2 is 1.94 bits per heavy atom. The maximum Gasteiger partial charge on any atom is 0.00730 e. The van der Waals surface area contributed by atoms with Gasteiger partial charge in [-0.2, -0.15) is 0 Å². The molecule has 1 nitrogen and oxygen atoms in total. The monoisotopic (exact) mass is 229 g/mol. The summed E-state index contributed by atoms with van der Waals surface area (Å²) in [6, 6.07) is 11.2. The minimum absolute atomic E-state index is 0.436. The number of hydrogen-bond donors (Lipinski definition) is 1. The molecule has 1 aromatic rings. The molecule has 1 aromatic carbocycles. The molecule has 4 unspecified atom stereocenters. The van der Waals surface area contributed by atoms with Gasteiger partial charge in [0.15, 0.2) is 0 Å². The lowest BCUT2D eigenvalue weighted by Crippen LogP contribution is -2.34. The van der Waals surface area contributed by atoms with Gasteiger partial charge in [0.05, 0.1) is 0 Å². The first-order chi connectivity index (χ1) is 8.33. The van der Waals surface area contributed by atoms with Crippen LogP contribution in [0.5, 0.6) is 0 Å². The van der Waals surface area contributed by atoms with E-state index >= 15 is 0 Å². The molecule has 4 atom stereocenters. The van der Waals surface area contributed by atoms with Gasteiger partial charge in [-0.05, 0) is 55.4 Å². The average Bonchev–Trinajstić information content (AvgIpc) is 2.99. The highest BCUT2D eigenvalue weighted by Gasteiger charge is 2.41. The summed E-state index contributed by atoms with van der Waals surface area (Å²) in [5.41, 5.74) is 7.85. The van der Waals surface area contributed by atoms with Crippen molar-refractivity contribution in [2.75, 3.05) is 0 Å². The fourth-order valence-electron chi connectivity index (χ4n) is 4.01. The highest BCUT2D eigenvalue weighted by Crippen LogP contribution is 2.49. The maximum atomic E-state index is 6.41. The zero-order chi connectivity index (χ0) is 11.7. The Labute approximate surface area is 104 Å². The molecule has 2 fully saturated rings. The normalized spacial score (nSPS) is 32.9. The van der Waals surface area contributed by atoms with Crippen molar-refractivity contribution in [3.8, 4) is 0 Å². The van der Waals surface area contributed by atoms with Gasteiger partial charge < -0.3 is 5.73 Å². The third-order valence-electron chi connectivity index (χ3n) is 4.95. The lowest BCUT2D eigenvalue weighted by molar-refractivity contribution is 0.273. The lowest BCUT2D eigenvalue weighted by atomic mass is 9.81. The third-order valence-corrected chi connectivity index (χ3v) is 4.95. The van der Waals surface area contributed by atoms with Gasteiger partial charge in [0.1, 0.15) is 0 Å². The largest absolute Gasteiger partial charge is 0.327 e. The molecule has 92 valence electrons. The van der Waals surface area contributed by atoms with E-state index in [-0.39, 0.29) is 0 Å². The molecule has 0 amide bonds. The van der Waals surface area contributed by atoms with E-state index in [1.54, 1.807) is 0 Å². The Bertz CT molecular complexity index is 359. The van der Waals surface area contributed by atoms with Crippen LogP contribution in [0.4, 0.5) is 0 Å². The highest BCUT2D eigenvalue weighted by molar-refractivity contribution is 5.15. The summed E-state index contributed by atoms with van der Waals surface area (Å²) >= 11 is 0. The van der Waals surface area contributed by atoms with E-state index in [2.05, 4.69) is 30.3 Å². The predicted octanol–water partition coefficient (Wildman–Crippen LogP) is 3.38. The van der Waals surface area contributed by atoms with Crippen molar-refractivity contribution in [1.82, 2.24) is 0 Å². The summed E-state index contributed by atoms with van der Waals surface area (Å²) in [6.45, 7) is 0. The van der Waals surface area contributed by atoms with Gasteiger partial charge in [0.25, 0.3) is 0 Å². The molecule has 2 N–H and O–H groups in total. The van der Waals surface area contributed by atoms with E-state index in [9.17, 15) is 0 Å². The van der Waals surface area contributed by atoms with Crippen LogP contribution in [0.2, 0.25) is 0 Å². The van der Waals surface area contributed by atoms with Crippen LogP contribution in [0, 0.1) is 17.8 Å². The van der Waals surface area contributed by atoms with Gasteiger partial charge in [-0.3, -0.25) is 0 Å². The minimum atomic E-state index is 0.436. The number of rotatable bonds is 4. The average molecular weight is 229 g/mol. The second-order valence-electron chi connectivity index (χ2n) is 6.03. The number of benzene rings is 1. The Kier molecular flexibility index (Phi) is 3.19. The predicted molar refractivity (Wildman–Crippen MR) is 71.7 cm³/mol. The van der Waals surface area contributed by atoms with Crippen molar-refractivity contribution in [2.24, 2.45) is 23.5 Å². The molecule has 2 bridgehead atoms. The topological polar surface area (TPSA) is 26.0 Å². The maximum absolute atomic E-state index is 6.41. The molecule has 2 aliphatic carbocycles. The van der Waals surface area contributed by atoms with Crippen LogP contribution >= 0.6 is 0 Å². The molecular formula is C16H23N. The van der Waals surface area contributed by atoms with Crippen molar-refractivity contribution in [3.63, 3.8) is 0 Å². The van der Waals surface area contributed by atoms with E-state index < -0.39 is 0 Å². The van der Waals surface area contributed by atoms with Gasteiger partial charge in [-0.25, -0.2) is 0 Å². The molecule has 0 aliphatic heterocycles. The van der Waals surface area contributed by atoms with Crippen LogP contribution in [0.3, 0.4) is 0 Å². The van der Waals surface area contributed by atoms with Crippen LogP contribution in [0.15, 0.2) is 30.3 Å². The summed E-state index contributed by atoms with van der Waals surface area (Å²) in [5.74, 6) is 2.82. The van der Waals surface area contributed by atoms with Crippen LogP contribution in [0.25, 0.3) is 0 Å². The fraction of sp³-hybridized carbons (Fsp3) is 0.625. The SMILES string of the molecule is NC(CCc1ccccc1)C1CC2CCC1C2. The van der Waals surface area contributed by atoms with E-state index in [0.717, 1.165) is 30.6 Å². The molecule has 3 rings (SSSR count). The fourth-order valence-corrected chi connectivity index (χ4v) is 4.01. The van der Waals surface area contributed by atoms with Crippen LogP contribution in [-0.2, 0) is 6.42 Å². The van der Waals surface area contributed by atoms with E-state index in [4.69, 9.17) is 5.73 Å².